The zero-order chi connectivity index (χ0) is 15.6. The van der Waals surface area contributed by atoms with E-state index in [2.05, 4.69) is 31.2 Å². The van der Waals surface area contributed by atoms with Gasteiger partial charge in [0, 0.05) is 11.8 Å². The van der Waals surface area contributed by atoms with Gasteiger partial charge in [0.2, 0.25) is 5.82 Å². The smallest absolute Gasteiger partial charge is 0.451 e. The summed E-state index contributed by atoms with van der Waals surface area (Å²) in [6, 6.07) is 6.15. The number of nitrogens with zero attached hydrogens (tertiary/aromatic N) is 2. The molecule has 9 heteroatoms. The van der Waals surface area contributed by atoms with Crippen LogP contribution in [0, 0.1) is 0 Å². The topological polar surface area (TPSA) is 73.1 Å². The highest BCUT2D eigenvalue weighted by Crippen LogP contribution is 2.31. The average molecular weight is 363 g/mol. The van der Waals surface area contributed by atoms with Crippen molar-refractivity contribution in [3.63, 3.8) is 0 Å². The summed E-state index contributed by atoms with van der Waals surface area (Å²) in [5, 5.41) is 2.73. The fourth-order valence-electron chi connectivity index (χ4n) is 1.55. The molecule has 0 unspecified atom stereocenters. The van der Waals surface area contributed by atoms with Crippen LogP contribution in [0.15, 0.2) is 28.7 Å². The Balaban J connectivity index is 2.31. The number of benzene rings is 1. The normalized spacial score (nSPS) is 11.3. The number of aromatic nitrogens is 2. The van der Waals surface area contributed by atoms with E-state index in [1.807, 2.05) is 0 Å². The Morgan fingerprint density at radius 2 is 1.95 bits per heavy atom. The molecule has 0 atom stereocenters. The maximum absolute atomic E-state index is 12.6. The second kappa shape index (κ2) is 5.76. The number of hydrogen-bond donors (Lipinski definition) is 2. The Morgan fingerprint density at radius 3 is 2.52 bits per heavy atom. The minimum absolute atomic E-state index is 0.0492. The third kappa shape index (κ3) is 3.75. The molecule has 21 heavy (non-hydrogen) atoms. The van der Waals surface area contributed by atoms with E-state index in [1.54, 1.807) is 18.2 Å². The molecule has 112 valence electrons. The fraction of sp³-hybridized carbons (Fsp3) is 0.167. The molecule has 0 saturated heterocycles. The summed E-state index contributed by atoms with van der Waals surface area (Å²) >= 11 is 3.28. The van der Waals surface area contributed by atoms with Gasteiger partial charge in [-0.15, -0.1) is 0 Å². The average Bonchev–Trinajstić information content (AvgIpc) is 2.37. The number of nitrogens with one attached hydrogen (secondary N) is 1. The standard InChI is InChI=1S/C12H10BrF3N4O/c1-21-8-3-2-6(4-7(8)13)18-10-5-9(17)19-11(20-10)12(14,15)16/h2-5H,1H3,(H3,17,18,19,20). The summed E-state index contributed by atoms with van der Waals surface area (Å²) in [7, 11) is 1.51. The number of alkyl halides is 3. The molecule has 2 rings (SSSR count). The molecule has 0 aliphatic carbocycles. The predicted molar refractivity (Wildman–Crippen MR) is 75.4 cm³/mol. The van der Waals surface area contributed by atoms with Crippen molar-refractivity contribution in [3.05, 3.63) is 34.6 Å². The zero-order valence-corrected chi connectivity index (χ0v) is 12.3. The molecule has 2 aromatic rings. The number of rotatable bonds is 3. The highest BCUT2D eigenvalue weighted by atomic mass is 79.9. The van der Waals surface area contributed by atoms with Crippen LogP contribution in [0.4, 0.5) is 30.5 Å². The van der Waals surface area contributed by atoms with Crippen LogP contribution in [0.5, 0.6) is 5.75 Å². The third-order valence-corrected chi connectivity index (χ3v) is 3.04. The number of nitrogens with two attached hydrogens (primary N) is 1. The van der Waals surface area contributed by atoms with Crippen molar-refractivity contribution in [1.29, 1.82) is 0 Å². The lowest BCUT2D eigenvalue weighted by molar-refractivity contribution is -0.144. The summed E-state index contributed by atoms with van der Waals surface area (Å²) in [5.41, 5.74) is 5.89. The van der Waals surface area contributed by atoms with Gasteiger partial charge in [-0.2, -0.15) is 13.2 Å². The highest BCUT2D eigenvalue weighted by Gasteiger charge is 2.35. The Kier molecular flexibility index (Phi) is 4.21. The van der Waals surface area contributed by atoms with Crippen molar-refractivity contribution < 1.29 is 17.9 Å². The van der Waals surface area contributed by atoms with Crippen LogP contribution in [-0.2, 0) is 6.18 Å². The maximum Gasteiger partial charge on any atom is 0.451 e. The van der Waals surface area contributed by atoms with Gasteiger partial charge in [0.15, 0.2) is 0 Å². The van der Waals surface area contributed by atoms with Gasteiger partial charge in [-0.3, -0.25) is 0 Å². The van der Waals surface area contributed by atoms with Gasteiger partial charge in [-0.05, 0) is 34.1 Å². The Labute approximate surface area is 126 Å². The molecule has 3 N–H and O–H groups in total. The van der Waals surface area contributed by atoms with Crippen LogP contribution in [-0.4, -0.2) is 17.1 Å². The van der Waals surface area contributed by atoms with Crippen molar-refractivity contribution >= 4 is 33.3 Å². The van der Waals surface area contributed by atoms with Crippen molar-refractivity contribution in [2.24, 2.45) is 0 Å². The quantitative estimate of drug-likeness (QED) is 0.872. The van der Waals surface area contributed by atoms with Gasteiger partial charge in [0.1, 0.15) is 17.4 Å². The number of nitrogen functional groups attached to an aromatic ring is 1. The van der Waals surface area contributed by atoms with E-state index in [0.717, 1.165) is 0 Å². The monoisotopic (exact) mass is 362 g/mol. The van der Waals surface area contributed by atoms with E-state index in [1.165, 1.54) is 13.2 Å². The van der Waals surface area contributed by atoms with E-state index in [4.69, 9.17) is 10.5 Å². The first kappa shape index (κ1) is 15.4. The number of methoxy groups -OCH3 is 1. The fourth-order valence-corrected chi connectivity index (χ4v) is 2.09. The molecule has 0 bridgehead atoms. The van der Waals surface area contributed by atoms with Crippen LogP contribution in [0.3, 0.4) is 0 Å². The molecule has 1 aromatic carbocycles. The molecule has 1 aromatic heterocycles. The molecule has 0 spiro atoms. The molecule has 0 amide bonds. The second-order valence-electron chi connectivity index (χ2n) is 3.97. The Hall–Kier alpha value is -2.03. The third-order valence-electron chi connectivity index (χ3n) is 2.42. The van der Waals surface area contributed by atoms with E-state index < -0.39 is 12.0 Å². The Bertz CT molecular complexity index is 663. The number of halogens is 4. The molecular weight excluding hydrogens is 353 g/mol. The number of ether oxygens (including phenoxy) is 1. The minimum Gasteiger partial charge on any atom is -0.496 e. The van der Waals surface area contributed by atoms with Crippen molar-refractivity contribution in [1.82, 2.24) is 9.97 Å². The van der Waals surface area contributed by atoms with E-state index in [-0.39, 0.29) is 11.6 Å². The zero-order valence-electron chi connectivity index (χ0n) is 10.7. The van der Waals surface area contributed by atoms with E-state index in [9.17, 15) is 13.2 Å². The first-order valence-electron chi connectivity index (χ1n) is 5.62. The van der Waals surface area contributed by atoms with E-state index in [0.29, 0.717) is 15.9 Å². The SMILES string of the molecule is COc1ccc(Nc2cc(N)nc(C(F)(F)F)n2)cc1Br. The first-order chi connectivity index (χ1) is 9.79. The molecule has 0 radical (unpaired) electrons. The van der Waals surface area contributed by atoms with Crippen molar-refractivity contribution in [3.8, 4) is 5.75 Å². The van der Waals surface area contributed by atoms with Gasteiger partial charge in [0.25, 0.3) is 0 Å². The van der Waals surface area contributed by atoms with E-state index >= 15 is 0 Å². The summed E-state index contributed by atoms with van der Waals surface area (Å²) < 4.78 is 43.6. The molecule has 1 heterocycles. The lowest BCUT2D eigenvalue weighted by Gasteiger charge is -2.11. The predicted octanol–water partition coefficient (Wildman–Crippen LogP) is 3.59. The lowest BCUT2D eigenvalue weighted by Crippen LogP contribution is -2.13. The van der Waals surface area contributed by atoms with Crippen molar-refractivity contribution in [2.75, 3.05) is 18.2 Å². The van der Waals surface area contributed by atoms with Crippen LogP contribution < -0.4 is 15.8 Å². The van der Waals surface area contributed by atoms with Gasteiger partial charge in [-0.1, -0.05) is 0 Å². The van der Waals surface area contributed by atoms with Gasteiger partial charge in [-0.25, -0.2) is 9.97 Å². The molecular formula is C12H10BrF3N4O. The van der Waals surface area contributed by atoms with Gasteiger partial charge >= 0.3 is 6.18 Å². The second-order valence-corrected chi connectivity index (χ2v) is 4.83. The Morgan fingerprint density at radius 1 is 1.24 bits per heavy atom. The number of anilines is 3. The van der Waals surface area contributed by atoms with Crippen LogP contribution in [0.25, 0.3) is 0 Å². The summed E-state index contributed by atoms with van der Waals surface area (Å²) in [6.45, 7) is 0. The maximum atomic E-state index is 12.6. The summed E-state index contributed by atoms with van der Waals surface area (Å²) in [5.74, 6) is -1.02. The van der Waals surface area contributed by atoms with Crippen LogP contribution >= 0.6 is 15.9 Å². The van der Waals surface area contributed by atoms with Gasteiger partial charge in [0.05, 0.1) is 11.6 Å². The first-order valence-corrected chi connectivity index (χ1v) is 6.41. The van der Waals surface area contributed by atoms with Crippen molar-refractivity contribution in [2.45, 2.75) is 6.18 Å². The van der Waals surface area contributed by atoms with Gasteiger partial charge < -0.3 is 15.8 Å². The largest absolute Gasteiger partial charge is 0.496 e. The van der Waals surface area contributed by atoms with Crippen LogP contribution in [0.2, 0.25) is 0 Å². The molecule has 0 saturated carbocycles. The number of hydrogen-bond acceptors (Lipinski definition) is 5. The molecule has 5 nitrogen and oxygen atoms in total. The molecule has 0 aliphatic heterocycles. The highest BCUT2D eigenvalue weighted by molar-refractivity contribution is 9.10. The minimum atomic E-state index is -4.66. The molecule has 0 fully saturated rings. The molecule has 0 aliphatic rings. The van der Waals surface area contributed by atoms with Crippen LogP contribution in [0.1, 0.15) is 5.82 Å². The lowest BCUT2D eigenvalue weighted by atomic mass is 10.3. The summed E-state index contributed by atoms with van der Waals surface area (Å²) in [4.78, 5) is 6.56. The summed E-state index contributed by atoms with van der Waals surface area (Å²) in [6.07, 6.45) is -4.66.